The molecular weight excluding hydrogens is 364 g/mol. The van der Waals surface area contributed by atoms with Crippen molar-refractivity contribution in [1.82, 2.24) is 0 Å². The first-order valence-electron chi connectivity index (χ1n) is 9.60. The van der Waals surface area contributed by atoms with Crippen LogP contribution >= 0.6 is 0 Å². The molecule has 2 aliphatic rings. The van der Waals surface area contributed by atoms with E-state index in [-0.39, 0.29) is 17.8 Å². The number of nitrogens with one attached hydrogen (secondary N) is 1. The molecule has 0 saturated heterocycles. The predicted molar refractivity (Wildman–Crippen MR) is 102 cm³/mol. The Morgan fingerprint density at radius 2 is 1.86 bits per heavy atom. The highest BCUT2D eigenvalue weighted by Gasteiger charge is 2.39. The van der Waals surface area contributed by atoms with Gasteiger partial charge in [-0.25, -0.2) is 4.79 Å². The van der Waals surface area contributed by atoms with Gasteiger partial charge in [-0.05, 0) is 66.1 Å². The summed E-state index contributed by atoms with van der Waals surface area (Å²) in [6.07, 6.45) is 4.39. The molecule has 1 N–H and O–H groups in total. The fraction of sp³-hybridized carbons (Fsp3) is 0.409. The van der Waals surface area contributed by atoms with E-state index in [9.17, 15) is 13.6 Å². The zero-order valence-corrected chi connectivity index (χ0v) is 15.7. The molecule has 1 fully saturated rings. The molecule has 0 radical (unpaired) electrons. The second-order valence-electron chi connectivity index (χ2n) is 7.42. The number of esters is 1. The number of benzene rings is 2. The van der Waals surface area contributed by atoms with Crippen LogP contribution in [0.2, 0.25) is 0 Å². The number of carbonyl (C=O) groups is 1. The maximum absolute atomic E-state index is 12.6. The van der Waals surface area contributed by atoms with E-state index in [0.717, 1.165) is 42.5 Å². The molecule has 1 aliphatic carbocycles. The third-order valence-corrected chi connectivity index (χ3v) is 5.90. The smallest absolute Gasteiger partial charge is 0.387 e. The minimum Gasteiger partial charge on any atom is -0.465 e. The van der Waals surface area contributed by atoms with Crippen molar-refractivity contribution in [3.8, 4) is 5.75 Å². The Bertz CT molecular complexity index is 853. The number of carbonyl (C=O) groups excluding carboxylic acids is 1. The van der Waals surface area contributed by atoms with Gasteiger partial charge in [-0.2, -0.15) is 8.78 Å². The minimum absolute atomic E-state index is 0.117. The van der Waals surface area contributed by atoms with Crippen molar-refractivity contribution in [2.75, 3.05) is 12.4 Å². The van der Waals surface area contributed by atoms with Crippen molar-refractivity contribution in [3.05, 3.63) is 59.2 Å². The summed E-state index contributed by atoms with van der Waals surface area (Å²) in [6, 6.07) is 12.8. The maximum Gasteiger partial charge on any atom is 0.387 e. The summed E-state index contributed by atoms with van der Waals surface area (Å²) in [6.45, 7) is -2.82. The molecule has 6 heteroatoms. The first-order chi connectivity index (χ1) is 13.6. The SMILES string of the molecule is COC(=O)c1ccc([C@@H]2Nc3ccc(OC(F)F)cc3[C@@H]3CCCC[C@@H]32)cc1. The summed E-state index contributed by atoms with van der Waals surface area (Å²) in [5.74, 6) is 0.528. The molecule has 0 bridgehead atoms. The predicted octanol–water partition coefficient (Wildman–Crippen LogP) is 5.52. The molecule has 1 heterocycles. The molecule has 0 spiro atoms. The van der Waals surface area contributed by atoms with Crippen LogP contribution in [0.5, 0.6) is 5.75 Å². The van der Waals surface area contributed by atoms with Crippen LogP contribution in [0.15, 0.2) is 42.5 Å². The lowest BCUT2D eigenvalue weighted by Crippen LogP contribution is -2.33. The second kappa shape index (κ2) is 7.78. The zero-order valence-electron chi connectivity index (χ0n) is 15.7. The quantitative estimate of drug-likeness (QED) is 0.702. The van der Waals surface area contributed by atoms with Gasteiger partial charge in [0.25, 0.3) is 0 Å². The normalized spacial score (nSPS) is 23.4. The van der Waals surface area contributed by atoms with Crippen molar-refractivity contribution in [2.24, 2.45) is 5.92 Å². The van der Waals surface area contributed by atoms with Crippen LogP contribution in [-0.2, 0) is 4.74 Å². The fourth-order valence-corrected chi connectivity index (χ4v) is 4.65. The van der Waals surface area contributed by atoms with Gasteiger partial charge >= 0.3 is 12.6 Å². The van der Waals surface area contributed by atoms with Crippen molar-refractivity contribution < 1.29 is 23.0 Å². The molecule has 1 aliphatic heterocycles. The fourth-order valence-electron chi connectivity index (χ4n) is 4.65. The summed E-state index contributed by atoms with van der Waals surface area (Å²) >= 11 is 0. The van der Waals surface area contributed by atoms with Gasteiger partial charge in [-0.15, -0.1) is 0 Å². The Balaban J connectivity index is 1.66. The zero-order chi connectivity index (χ0) is 19.7. The van der Waals surface area contributed by atoms with Gasteiger partial charge in [0.15, 0.2) is 0 Å². The summed E-state index contributed by atoms with van der Waals surface area (Å²) in [7, 11) is 1.37. The van der Waals surface area contributed by atoms with Gasteiger partial charge in [-0.3, -0.25) is 0 Å². The molecule has 0 unspecified atom stereocenters. The Hall–Kier alpha value is -2.63. The number of alkyl halides is 2. The highest BCUT2D eigenvalue weighted by molar-refractivity contribution is 5.89. The van der Waals surface area contributed by atoms with Gasteiger partial charge in [0.2, 0.25) is 0 Å². The highest BCUT2D eigenvalue weighted by atomic mass is 19.3. The van der Waals surface area contributed by atoms with E-state index in [0.29, 0.717) is 17.4 Å². The number of hydrogen-bond acceptors (Lipinski definition) is 4. The third-order valence-electron chi connectivity index (χ3n) is 5.90. The first-order valence-corrected chi connectivity index (χ1v) is 9.60. The number of ether oxygens (including phenoxy) is 2. The molecule has 1 saturated carbocycles. The molecule has 3 atom stereocenters. The van der Waals surface area contributed by atoms with Crippen LogP contribution in [0, 0.1) is 5.92 Å². The van der Waals surface area contributed by atoms with E-state index in [1.165, 1.54) is 7.11 Å². The summed E-state index contributed by atoms with van der Waals surface area (Å²) < 4.78 is 34.6. The molecule has 28 heavy (non-hydrogen) atoms. The van der Waals surface area contributed by atoms with Gasteiger partial charge in [-0.1, -0.05) is 25.0 Å². The Morgan fingerprint density at radius 3 is 2.57 bits per heavy atom. The van der Waals surface area contributed by atoms with E-state index >= 15 is 0 Å². The molecule has 0 aromatic heterocycles. The second-order valence-corrected chi connectivity index (χ2v) is 7.42. The average Bonchev–Trinajstić information content (AvgIpc) is 2.72. The topological polar surface area (TPSA) is 47.6 Å². The van der Waals surface area contributed by atoms with Gasteiger partial charge < -0.3 is 14.8 Å². The maximum atomic E-state index is 12.6. The van der Waals surface area contributed by atoms with Crippen molar-refractivity contribution in [1.29, 1.82) is 0 Å². The monoisotopic (exact) mass is 387 g/mol. The summed E-state index contributed by atoms with van der Waals surface area (Å²) in [4.78, 5) is 11.7. The summed E-state index contributed by atoms with van der Waals surface area (Å²) in [5, 5.41) is 3.60. The van der Waals surface area contributed by atoms with Crippen LogP contribution in [0.4, 0.5) is 14.5 Å². The number of anilines is 1. The first kappa shape index (κ1) is 18.7. The molecule has 0 amide bonds. The van der Waals surface area contributed by atoms with Crippen LogP contribution < -0.4 is 10.1 Å². The average molecular weight is 387 g/mol. The minimum atomic E-state index is -2.82. The van der Waals surface area contributed by atoms with E-state index in [4.69, 9.17) is 4.74 Å². The van der Waals surface area contributed by atoms with Crippen molar-refractivity contribution >= 4 is 11.7 Å². The van der Waals surface area contributed by atoms with Gasteiger partial charge in [0.1, 0.15) is 5.75 Å². The molecule has 4 nitrogen and oxygen atoms in total. The summed E-state index contributed by atoms with van der Waals surface area (Å²) in [5.41, 5.74) is 3.66. The Morgan fingerprint density at radius 1 is 1.11 bits per heavy atom. The number of halogens is 2. The number of methoxy groups -OCH3 is 1. The Kier molecular flexibility index (Phi) is 5.20. The van der Waals surface area contributed by atoms with E-state index in [1.54, 1.807) is 24.3 Å². The van der Waals surface area contributed by atoms with Gasteiger partial charge in [0.05, 0.1) is 18.7 Å². The molecule has 2 aromatic carbocycles. The largest absolute Gasteiger partial charge is 0.465 e. The number of fused-ring (bicyclic) bond motifs is 3. The molecule has 148 valence electrons. The molecular formula is C22H23F2NO3. The Labute approximate surface area is 162 Å². The number of hydrogen-bond donors (Lipinski definition) is 1. The number of rotatable bonds is 4. The molecule has 4 rings (SSSR count). The van der Waals surface area contributed by atoms with Crippen LogP contribution in [0.25, 0.3) is 0 Å². The van der Waals surface area contributed by atoms with Crippen LogP contribution in [0.1, 0.15) is 59.1 Å². The van der Waals surface area contributed by atoms with Crippen molar-refractivity contribution in [2.45, 2.75) is 44.3 Å². The standard InChI is InChI=1S/C22H23F2NO3/c1-27-21(26)14-8-6-13(7-9-14)20-17-5-3-2-4-16(17)18-12-15(28-22(23)24)10-11-19(18)25-20/h6-12,16-17,20,22,25H,2-5H2,1H3/t16-,17+,20+/m1/s1. The molecule has 2 aromatic rings. The lowest BCUT2D eigenvalue weighted by molar-refractivity contribution is -0.0499. The van der Waals surface area contributed by atoms with E-state index in [2.05, 4.69) is 10.1 Å². The highest BCUT2D eigenvalue weighted by Crippen LogP contribution is 2.51. The van der Waals surface area contributed by atoms with E-state index < -0.39 is 6.61 Å². The van der Waals surface area contributed by atoms with Crippen molar-refractivity contribution in [3.63, 3.8) is 0 Å². The lowest BCUT2D eigenvalue weighted by atomic mass is 9.68. The van der Waals surface area contributed by atoms with Crippen LogP contribution in [-0.4, -0.2) is 19.7 Å². The lowest BCUT2D eigenvalue weighted by Gasteiger charge is -2.44. The third kappa shape index (κ3) is 3.55. The van der Waals surface area contributed by atoms with Crippen LogP contribution in [0.3, 0.4) is 0 Å². The van der Waals surface area contributed by atoms with Gasteiger partial charge in [0, 0.05) is 5.69 Å². The van der Waals surface area contributed by atoms with E-state index in [1.807, 2.05) is 18.2 Å².